The number of nitrogens with two attached hydrogens (primary N) is 1. The lowest BCUT2D eigenvalue weighted by Gasteiger charge is -2.05. The molecule has 3 N–H and O–H groups in total. The Hall–Kier alpha value is -2.21. The van der Waals surface area contributed by atoms with Gasteiger partial charge in [0.1, 0.15) is 0 Å². The molecule has 0 bridgehead atoms. The van der Waals surface area contributed by atoms with E-state index in [0.29, 0.717) is 11.4 Å². The maximum absolute atomic E-state index is 10.9. The van der Waals surface area contributed by atoms with Crippen LogP contribution in [-0.2, 0) is 6.61 Å². The zero-order chi connectivity index (χ0) is 12.4. The number of hydrogen-bond acceptors (Lipinski definition) is 4. The molecule has 0 fully saturated rings. The number of aliphatic hydroxyl groups excluding tert-OH is 1. The Morgan fingerprint density at radius 1 is 1.53 bits per heavy atom. The third-order valence-electron chi connectivity index (χ3n) is 2.37. The molecule has 1 amide bonds. The molecule has 88 valence electrons. The Bertz CT molecular complexity index is 562. The third kappa shape index (κ3) is 2.16. The SMILES string of the molecule is Cc1cc(CO)cnc1-n1cc(C(N)=O)cn1. The molecule has 0 saturated heterocycles. The first-order chi connectivity index (χ1) is 8.11. The van der Waals surface area contributed by atoms with Gasteiger partial charge in [0.25, 0.3) is 5.91 Å². The van der Waals surface area contributed by atoms with Crippen LogP contribution in [0.15, 0.2) is 24.7 Å². The van der Waals surface area contributed by atoms with E-state index in [1.165, 1.54) is 17.1 Å². The molecule has 6 heteroatoms. The zero-order valence-corrected chi connectivity index (χ0v) is 9.29. The van der Waals surface area contributed by atoms with E-state index in [9.17, 15) is 4.79 Å². The normalized spacial score (nSPS) is 10.5. The van der Waals surface area contributed by atoms with E-state index < -0.39 is 5.91 Å². The van der Waals surface area contributed by atoms with Crippen molar-refractivity contribution < 1.29 is 9.90 Å². The number of aliphatic hydroxyl groups is 1. The second-order valence-electron chi connectivity index (χ2n) is 3.68. The summed E-state index contributed by atoms with van der Waals surface area (Å²) < 4.78 is 1.48. The van der Waals surface area contributed by atoms with E-state index in [2.05, 4.69) is 10.1 Å². The quantitative estimate of drug-likeness (QED) is 0.788. The predicted molar refractivity (Wildman–Crippen MR) is 60.5 cm³/mol. The van der Waals surface area contributed by atoms with E-state index in [0.717, 1.165) is 11.1 Å². The van der Waals surface area contributed by atoms with Gasteiger partial charge in [0.15, 0.2) is 5.82 Å². The molecule has 2 aromatic rings. The van der Waals surface area contributed by atoms with Crippen molar-refractivity contribution in [3.8, 4) is 5.82 Å². The fraction of sp³-hybridized carbons (Fsp3) is 0.182. The summed E-state index contributed by atoms with van der Waals surface area (Å²) in [4.78, 5) is 15.1. The Balaban J connectivity index is 2.42. The van der Waals surface area contributed by atoms with Crippen LogP contribution in [0.1, 0.15) is 21.5 Å². The molecule has 0 aliphatic heterocycles. The van der Waals surface area contributed by atoms with Gasteiger partial charge >= 0.3 is 0 Å². The highest BCUT2D eigenvalue weighted by Gasteiger charge is 2.08. The van der Waals surface area contributed by atoms with Crippen LogP contribution in [0.3, 0.4) is 0 Å². The standard InChI is InChI=1S/C11H12N4O2/c1-7-2-8(6-16)3-13-11(7)15-5-9(4-14-15)10(12)17/h2-5,16H,6H2,1H3,(H2,12,17). The molecule has 2 heterocycles. The summed E-state index contributed by atoms with van der Waals surface area (Å²) in [6, 6.07) is 1.81. The van der Waals surface area contributed by atoms with Gasteiger partial charge in [0, 0.05) is 12.4 Å². The van der Waals surface area contributed by atoms with Gasteiger partial charge in [0.2, 0.25) is 0 Å². The number of pyridine rings is 1. The predicted octanol–water partition coefficient (Wildman–Crippen LogP) is 0.167. The van der Waals surface area contributed by atoms with Gasteiger partial charge in [-0.25, -0.2) is 9.67 Å². The molecule has 2 rings (SSSR count). The first-order valence-corrected chi connectivity index (χ1v) is 5.03. The monoisotopic (exact) mass is 232 g/mol. The van der Waals surface area contributed by atoms with Gasteiger partial charge in [-0.3, -0.25) is 4.79 Å². The van der Waals surface area contributed by atoms with Gasteiger partial charge in [-0.15, -0.1) is 0 Å². The summed E-state index contributed by atoms with van der Waals surface area (Å²) in [7, 11) is 0. The van der Waals surface area contributed by atoms with Crippen molar-refractivity contribution in [2.75, 3.05) is 0 Å². The Morgan fingerprint density at radius 2 is 2.29 bits per heavy atom. The summed E-state index contributed by atoms with van der Waals surface area (Å²) in [5.41, 5.74) is 7.06. The average Bonchev–Trinajstić information content (AvgIpc) is 2.78. The molecule has 6 nitrogen and oxygen atoms in total. The first kappa shape index (κ1) is 11.3. The van der Waals surface area contributed by atoms with Crippen molar-refractivity contribution in [1.82, 2.24) is 14.8 Å². The molecule has 0 aliphatic carbocycles. The zero-order valence-electron chi connectivity index (χ0n) is 9.29. The van der Waals surface area contributed by atoms with Crippen LogP contribution >= 0.6 is 0 Å². The smallest absolute Gasteiger partial charge is 0.251 e. The van der Waals surface area contributed by atoms with Gasteiger partial charge in [-0.2, -0.15) is 5.10 Å². The lowest BCUT2D eigenvalue weighted by Crippen LogP contribution is -2.09. The molecule has 17 heavy (non-hydrogen) atoms. The van der Waals surface area contributed by atoms with E-state index in [1.807, 2.05) is 13.0 Å². The van der Waals surface area contributed by atoms with Crippen LogP contribution in [-0.4, -0.2) is 25.8 Å². The number of carbonyl (C=O) groups is 1. The van der Waals surface area contributed by atoms with E-state index in [1.54, 1.807) is 6.20 Å². The Kier molecular flexibility index (Phi) is 2.88. The number of nitrogens with zero attached hydrogens (tertiary/aromatic N) is 3. The molecule has 0 saturated carbocycles. The summed E-state index contributed by atoms with van der Waals surface area (Å²) in [5, 5.41) is 13.0. The number of aromatic nitrogens is 3. The molecule has 2 aromatic heterocycles. The van der Waals surface area contributed by atoms with Crippen molar-refractivity contribution in [3.63, 3.8) is 0 Å². The first-order valence-electron chi connectivity index (χ1n) is 5.03. The van der Waals surface area contributed by atoms with Crippen molar-refractivity contribution in [2.45, 2.75) is 13.5 Å². The van der Waals surface area contributed by atoms with Crippen LogP contribution < -0.4 is 5.73 Å². The molecule has 0 spiro atoms. The number of hydrogen-bond donors (Lipinski definition) is 2. The minimum Gasteiger partial charge on any atom is -0.392 e. The lowest BCUT2D eigenvalue weighted by atomic mass is 10.2. The van der Waals surface area contributed by atoms with Crippen molar-refractivity contribution in [2.24, 2.45) is 5.73 Å². The molecule has 0 aliphatic rings. The van der Waals surface area contributed by atoms with Crippen molar-refractivity contribution in [1.29, 1.82) is 0 Å². The fourth-order valence-electron chi connectivity index (χ4n) is 1.52. The van der Waals surface area contributed by atoms with Gasteiger partial charge in [-0.05, 0) is 24.1 Å². The molecule has 0 radical (unpaired) electrons. The topological polar surface area (TPSA) is 94.0 Å². The summed E-state index contributed by atoms with van der Waals surface area (Å²) >= 11 is 0. The highest BCUT2D eigenvalue weighted by atomic mass is 16.3. The van der Waals surface area contributed by atoms with Crippen LogP contribution in [0.4, 0.5) is 0 Å². The number of amides is 1. The second kappa shape index (κ2) is 4.34. The number of aryl methyl sites for hydroxylation is 1. The largest absolute Gasteiger partial charge is 0.392 e. The molecule has 0 aromatic carbocycles. The Morgan fingerprint density at radius 3 is 2.82 bits per heavy atom. The van der Waals surface area contributed by atoms with Crippen molar-refractivity contribution >= 4 is 5.91 Å². The number of rotatable bonds is 3. The van der Waals surface area contributed by atoms with Crippen LogP contribution in [0, 0.1) is 6.92 Å². The highest BCUT2D eigenvalue weighted by molar-refractivity contribution is 5.92. The van der Waals surface area contributed by atoms with E-state index in [-0.39, 0.29) is 6.61 Å². The fourth-order valence-corrected chi connectivity index (χ4v) is 1.52. The third-order valence-corrected chi connectivity index (χ3v) is 2.37. The maximum atomic E-state index is 10.9. The number of primary amides is 1. The lowest BCUT2D eigenvalue weighted by molar-refractivity contribution is 0.100. The van der Waals surface area contributed by atoms with Gasteiger partial charge in [-0.1, -0.05) is 0 Å². The summed E-state index contributed by atoms with van der Waals surface area (Å²) in [6.07, 6.45) is 4.48. The summed E-state index contributed by atoms with van der Waals surface area (Å²) in [6.45, 7) is 1.80. The molecular weight excluding hydrogens is 220 g/mol. The Labute approximate surface area is 97.7 Å². The number of carbonyl (C=O) groups excluding carboxylic acids is 1. The average molecular weight is 232 g/mol. The second-order valence-corrected chi connectivity index (χ2v) is 3.68. The van der Waals surface area contributed by atoms with Crippen molar-refractivity contribution in [3.05, 3.63) is 41.3 Å². The van der Waals surface area contributed by atoms with Gasteiger partial charge < -0.3 is 10.8 Å². The van der Waals surface area contributed by atoms with E-state index in [4.69, 9.17) is 10.8 Å². The molecule has 0 atom stereocenters. The highest BCUT2D eigenvalue weighted by Crippen LogP contribution is 2.12. The molecule has 0 unspecified atom stereocenters. The van der Waals surface area contributed by atoms with Crippen LogP contribution in [0.2, 0.25) is 0 Å². The van der Waals surface area contributed by atoms with Crippen LogP contribution in [0.25, 0.3) is 5.82 Å². The maximum Gasteiger partial charge on any atom is 0.251 e. The van der Waals surface area contributed by atoms with Crippen LogP contribution in [0.5, 0.6) is 0 Å². The van der Waals surface area contributed by atoms with Gasteiger partial charge in [0.05, 0.1) is 18.4 Å². The summed E-state index contributed by atoms with van der Waals surface area (Å²) in [5.74, 6) is 0.0792. The van der Waals surface area contributed by atoms with E-state index >= 15 is 0 Å². The molecular formula is C11H12N4O2. The minimum absolute atomic E-state index is 0.0558. The minimum atomic E-state index is -0.527.